The van der Waals surface area contributed by atoms with Gasteiger partial charge in [0.05, 0.1) is 12.5 Å². The molecule has 0 aromatic heterocycles. The summed E-state index contributed by atoms with van der Waals surface area (Å²) in [5.41, 5.74) is 2.10. The maximum absolute atomic E-state index is 8.66. The van der Waals surface area contributed by atoms with Crippen molar-refractivity contribution in [1.82, 2.24) is 0 Å². The summed E-state index contributed by atoms with van der Waals surface area (Å²) in [5, 5.41) is 8.66. The molecule has 0 saturated carbocycles. The predicted octanol–water partition coefficient (Wildman–Crippen LogP) is 4.09. The fraction of sp³-hybridized carbons (Fsp3) is 0.133. The number of hydrogen-bond acceptors (Lipinski definition) is 2. The van der Waals surface area contributed by atoms with Gasteiger partial charge in [-0.2, -0.15) is 5.26 Å². The molecule has 90 valence electrons. The minimum Gasteiger partial charge on any atom is -0.489 e. The molecule has 0 aliphatic rings. The summed E-state index contributed by atoms with van der Waals surface area (Å²) in [6.45, 7) is 0.515. The van der Waals surface area contributed by atoms with Crippen LogP contribution >= 0.6 is 15.9 Å². The maximum atomic E-state index is 8.66. The van der Waals surface area contributed by atoms with Crippen LogP contribution in [0.15, 0.2) is 53.0 Å². The Labute approximate surface area is 115 Å². The van der Waals surface area contributed by atoms with Gasteiger partial charge in [0.15, 0.2) is 0 Å². The molecule has 2 rings (SSSR count). The first kappa shape index (κ1) is 12.7. The molecule has 3 heteroatoms. The number of rotatable bonds is 4. The van der Waals surface area contributed by atoms with Crippen LogP contribution in [-0.4, -0.2) is 0 Å². The third-order valence-corrected chi connectivity index (χ3v) is 3.02. The normalized spacial score (nSPS) is 9.78. The summed E-state index contributed by atoms with van der Waals surface area (Å²) in [4.78, 5) is 0. The van der Waals surface area contributed by atoms with Crippen LogP contribution in [0.25, 0.3) is 0 Å². The van der Waals surface area contributed by atoms with E-state index >= 15 is 0 Å². The largest absolute Gasteiger partial charge is 0.489 e. The first-order valence-electron chi connectivity index (χ1n) is 5.61. The van der Waals surface area contributed by atoms with E-state index < -0.39 is 0 Å². The molecule has 18 heavy (non-hydrogen) atoms. The SMILES string of the molecule is N#CCc1cccc(COc2ccc(Br)cc2)c1. The molecule has 2 aromatic carbocycles. The topological polar surface area (TPSA) is 33.0 Å². The average molecular weight is 302 g/mol. The van der Waals surface area contributed by atoms with Crippen LogP contribution in [-0.2, 0) is 13.0 Å². The molecule has 0 fully saturated rings. The summed E-state index contributed by atoms with van der Waals surface area (Å²) in [6.07, 6.45) is 0.437. The number of hydrogen-bond donors (Lipinski definition) is 0. The Morgan fingerprint density at radius 3 is 2.50 bits per heavy atom. The molecule has 0 aliphatic carbocycles. The Balaban J connectivity index is 1.99. The van der Waals surface area contributed by atoms with Gasteiger partial charge in [0.25, 0.3) is 0 Å². The standard InChI is InChI=1S/C15H12BrNO/c16-14-4-6-15(7-5-14)18-11-13-3-1-2-12(10-13)8-9-17/h1-7,10H,8,11H2. The summed E-state index contributed by atoms with van der Waals surface area (Å²) >= 11 is 3.38. The van der Waals surface area contributed by atoms with Gasteiger partial charge in [-0.05, 0) is 35.4 Å². The molecule has 0 saturated heterocycles. The van der Waals surface area contributed by atoms with Gasteiger partial charge < -0.3 is 4.74 Å². The van der Waals surface area contributed by atoms with E-state index in [1.165, 1.54) is 0 Å². The first-order chi connectivity index (χ1) is 8.78. The Kier molecular flexibility index (Phi) is 4.38. The minimum atomic E-state index is 0.437. The molecule has 0 spiro atoms. The van der Waals surface area contributed by atoms with E-state index in [0.717, 1.165) is 21.3 Å². The second-order valence-electron chi connectivity index (χ2n) is 3.90. The lowest BCUT2D eigenvalue weighted by atomic mass is 10.1. The quantitative estimate of drug-likeness (QED) is 0.852. The van der Waals surface area contributed by atoms with E-state index in [4.69, 9.17) is 10.00 Å². The van der Waals surface area contributed by atoms with Gasteiger partial charge >= 0.3 is 0 Å². The van der Waals surface area contributed by atoms with Crippen molar-refractivity contribution in [2.24, 2.45) is 0 Å². The molecule has 0 unspecified atom stereocenters. The fourth-order valence-corrected chi connectivity index (χ4v) is 1.88. The Morgan fingerprint density at radius 2 is 1.78 bits per heavy atom. The van der Waals surface area contributed by atoms with Crippen molar-refractivity contribution in [3.63, 3.8) is 0 Å². The van der Waals surface area contributed by atoms with Gasteiger partial charge in [-0.15, -0.1) is 0 Å². The van der Waals surface area contributed by atoms with Gasteiger partial charge in [-0.3, -0.25) is 0 Å². The molecule has 0 N–H and O–H groups in total. The third kappa shape index (κ3) is 3.61. The van der Waals surface area contributed by atoms with Gasteiger partial charge in [-0.1, -0.05) is 40.2 Å². The van der Waals surface area contributed by atoms with Crippen molar-refractivity contribution in [2.45, 2.75) is 13.0 Å². The summed E-state index contributed by atoms with van der Waals surface area (Å²) in [6, 6.07) is 17.8. The van der Waals surface area contributed by atoms with Crippen LogP contribution in [0.3, 0.4) is 0 Å². The van der Waals surface area contributed by atoms with Crippen LogP contribution in [0.5, 0.6) is 5.75 Å². The van der Waals surface area contributed by atoms with Crippen molar-refractivity contribution in [2.75, 3.05) is 0 Å². The lowest BCUT2D eigenvalue weighted by molar-refractivity contribution is 0.306. The highest BCUT2D eigenvalue weighted by atomic mass is 79.9. The number of halogens is 1. The van der Waals surface area contributed by atoms with Crippen molar-refractivity contribution in [3.05, 3.63) is 64.1 Å². The van der Waals surface area contributed by atoms with Crippen molar-refractivity contribution < 1.29 is 4.74 Å². The summed E-state index contributed by atoms with van der Waals surface area (Å²) in [5.74, 6) is 0.837. The highest BCUT2D eigenvalue weighted by molar-refractivity contribution is 9.10. The number of nitrogens with zero attached hydrogens (tertiary/aromatic N) is 1. The molecule has 0 aliphatic heterocycles. The van der Waals surface area contributed by atoms with E-state index in [2.05, 4.69) is 22.0 Å². The molecule has 2 aromatic rings. The molecule has 0 amide bonds. The van der Waals surface area contributed by atoms with Gasteiger partial charge in [-0.25, -0.2) is 0 Å². The Morgan fingerprint density at radius 1 is 1.06 bits per heavy atom. The number of benzene rings is 2. The van der Waals surface area contributed by atoms with Crippen molar-refractivity contribution in [1.29, 1.82) is 5.26 Å². The van der Waals surface area contributed by atoms with Crippen molar-refractivity contribution in [3.8, 4) is 11.8 Å². The first-order valence-corrected chi connectivity index (χ1v) is 6.40. The molecular weight excluding hydrogens is 290 g/mol. The van der Waals surface area contributed by atoms with Crippen LogP contribution in [0, 0.1) is 11.3 Å². The van der Waals surface area contributed by atoms with E-state index in [1.807, 2.05) is 48.5 Å². The number of ether oxygens (including phenoxy) is 1. The predicted molar refractivity (Wildman–Crippen MR) is 74.2 cm³/mol. The van der Waals surface area contributed by atoms with Crippen molar-refractivity contribution >= 4 is 15.9 Å². The van der Waals surface area contributed by atoms with E-state index in [9.17, 15) is 0 Å². The number of nitriles is 1. The Bertz CT molecular complexity index is 557. The van der Waals surface area contributed by atoms with Gasteiger partial charge in [0.2, 0.25) is 0 Å². The summed E-state index contributed by atoms with van der Waals surface area (Å²) in [7, 11) is 0. The molecule has 2 nitrogen and oxygen atoms in total. The zero-order valence-electron chi connectivity index (χ0n) is 9.77. The zero-order chi connectivity index (χ0) is 12.8. The molecule has 0 heterocycles. The molecular formula is C15H12BrNO. The average Bonchev–Trinajstić information content (AvgIpc) is 2.39. The Hall–Kier alpha value is -1.79. The van der Waals surface area contributed by atoms with E-state index in [1.54, 1.807) is 0 Å². The molecule has 0 radical (unpaired) electrons. The lowest BCUT2D eigenvalue weighted by Gasteiger charge is -2.07. The molecule has 0 atom stereocenters. The second-order valence-corrected chi connectivity index (χ2v) is 4.81. The highest BCUT2D eigenvalue weighted by Gasteiger charge is 1.98. The van der Waals surface area contributed by atoms with Crippen LogP contribution in [0.2, 0.25) is 0 Å². The monoisotopic (exact) mass is 301 g/mol. The summed E-state index contributed by atoms with van der Waals surface area (Å²) < 4.78 is 6.71. The van der Waals surface area contributed by atoms with E-state index in [0.29, 0.717) is 13.0 Å². The lowest BCUT2D eigenvalue weighted by Crippen LogP contribution is -1.96. The fourth-order valence-electron chi connectivity index (χ4n) is 1.62. The highest BCUT2D eigenvalue weighted by Crippen LogP contribution is 2.17. The van der Waals surface area contributed by atoms with Gasteiger partial charge in [0, 0.05) is 4.47 Å². The van der Waals surface area contributed by atoms with Crippen LogP contribution in [0.1, 0.15) is 11.1 Å². The zero-order valence-corrected chi connectivity index (χ0v) is 11.4. The van der Waals surface area contributed by atoms with Gasteiger partial charge in [0.1, 0.15) is 12.4 Å². The van der Waals surface area contributed by atoms with Crippen LogP contribution in [0.4, 0.5) is 0 Å². The van der Waals surface area contributed by atoms with Crippen LogP contribution < -0.4 is 4.74 Å². The third-order valence-electron chi connectivity index (χ3n) is 2.49. The second kappa shape index (κ2) is 6.23. The van der Waals surface area contributed by atoms with E-state index in [-0.39, 0.29) is 0 Å². The minimum absolute atomic E-state index is 0.437. The smallest absolute Gasteiger partial charge is 0.119 e. The molecule has 0 bridgehead atoms. The maximum Gasteiger partial charge on any atom is 0.119 e.